The molecule has 0 spiro atoms. The molecular weight excluding hydrogens is 357 g/mol. The Labute approximate surface area is 156 Å². The van der Waals surface area contributed by atoms with Crippen LogP contribution >= 0.6 is 0 Å². The SMILES string of the molecule is COc1ccc(C(=O)CCC(=O)N2C[C@H]3COCC[C@@]3(C(=O)O)C2)cc1F. The van der Waals surface area contributed by atoms with Crippen LogP contribution in [-0.2, 0) is 14.3 Å². The molecule has 2 saturated heterocycles. The molecule has 2 heterocycles. The number of ketones is 1. The first kappa shape index (κ1) is 19.3. The highest BCUT2D eigenvalue weighted by atomic mass is 19.1. The first-order chi connectivity index (χ1) is 12.9. The summed E-state index contributed by atoms with van der Waals surface area (Å²) in [6.07, 6.45) is 0.263. The molecule has 2 fully saturated rings. The van der Waals surface area contributed by atoms with Crippen LogP contribution in [0.4, 0.5) is 4.39 Å². The lowest BCUT2D eigenvalue weighted by Gasteiger charge is -2.33. The van der Waals surface area contributed by atoms with Crippen LogP contribution in [0.25, 0.3) is 0 Å². The van der Waals surface area contributed by atoms with Crippen molar-refractivity contribution in [3.05, 3.63) is 29.6 Å². The molecule has 0 aromatic heterocycles. The lowest BCUT2D eigenvalue weighted by atomic mass is 9.74. The van der Waals surface area contributed by atoms with Gasteiger partial charge in [-0.25, -0.2) is 4.39 Å². The van der Waals surface area contributed by atoms with Crippen LogP contribution < -0.4 is 4.74 Å². The number of amides is 1. The molecule has 2 aliphatic rings. The number of fused-ring (bicyclic) bond motifs is 1. The summed E-state index contributed by atoms with van der Waals surface area (Å²) in [6, 6.07) is 3.91. The van der Waals surface area contributed by atoms with E-state index in [9.17, 15) is 23.9 Å². The minimum atomic E-state index is -0.961. The maximum absolute atomic E-state index is 13.7. The second-order valence-corrected chi connectivity index (χ2v) is 7.03. The number of hydrogen-bond acceptors (Lipinski definition) is 5. The number of carbonyl (C=O) groups excluding carboxylic acids is 2. The third kappa shape index (κ3) is 3.66. The molecule has 8 heteroatoms. The number of likely N-dealkylation sites (tertiary alicyclic amines) is 1. The highest BCUT2D eigenvalue weighted by Crippen LogP contribution is 2.42. The van der Waals surface area contributed by atoms with E-state index >= 15 is 0 Å². The van der Waals surface area contributed by atoms with Gasteiger partial charge in [-0.05, 0) is 24.6 Å². The summed E-state index contributed by atoms with van der Waals surface area (Å²) in [5.74, 6) is -2.36. The second kappa shape index (κ2) is 7.64. The van der Waals surface area contributed by atoms with Crippen LogP contribution in [-0.4, -0.2) is 61.1 Å². The van der Waals surface area contributed by atoms with Gasteiger partial charge >= 0.3 is 5.97 Å². The van der Waals surface area contributed by atoms with Gasteiger partial charge in [-0.15, -0.1) is 0 Å². The summed E-state index contributed by atoms with van der Waals surface area (Å²) in [5.41, 5.74) is -0.789. The minimum Gasteiger partial charge on any atom is -0.494 e. The van der Waals surface area contributed by atoms with Crippen LogP contribution in [0.5, 0.6) is 5.75 Å². The molecule has 27 heavy (non-hydrogen) atoms. The Bertz CT molecular complexity index is 767. The molecule has 1 aromatic rings. The van der Waals surface area contributed by atoms with E-state index in [0.717, 1.165) is 6.07 Å². The van der Waals surface area contributed by atoms with Crippen molar-refractivity contribution in [3.63, 3.8) is 0 Å². The van der Waals surface area contributed by atoms with E-state index in [0.29, 0.717) is 26.2 Å². The number of benzene rings is 1. The van der Waals surface area contributed by atoms with Gasteiger partial charge in [0, 0.05) is 44.0 Å². The number of aliphatic carboxylic acids is 1. The molecule has 0 aliphatic carbocycles. The van der Waals surface area contributed by atoms with E-state index in [1.807, 2.05) is 0 Å². The van der Waals surface area contributed by atoms with Crippen LogP contribution in [0, 0.1) is 17.2 Å². The van der Waals surface area contributed by atoms with Crippen LogP contribution in [0.1, 0.15) is 29.6 Å². The number of carboxylic acid groups (broad SMARTS) is 1. The molecule has 0 radical (unpaired) electrons. The first-order valence-electron chi connectivity index (χ1n) is 8.83. The fraction of sp³-hybridized carbons (Fsp3) is 0.526. The molecule has 2 atom stereocenters. The van der Waals surface area contributed by atoms with Crippen molar-refractivity contribution in [1.29, 1.82) is 0 Å². The highest BCUT2D eigenvalue weighted by Gasteiger charge is 2.54. The number of carbonyl (C=O) groups is 3. The first-order valence-corrected chi connectivity index (χ1v) is 8.83. The number of Topliss-reactive ketones (excluding diaryl/α,β-unsaturated/α-hetero) is 1. The van der Waals surface area contributed by atoms with E-state index in [1.165, 1.54) is 24.1 Å². The van der Waals surface area contributed by atoms with Gasteiger partial charge in [0.25, 0.3) is 0 Å². The van der Waals surface area contributed by atoms with E-state index in [-0.39, 0.29) is 48.3 Å². The standard InChI is InChI=1S/C19H22FNO6/c1-26-16-4-2-12(8-14(16)20)15(22)3-5-17(23)21-9-13-10-27-7-6-19(13,11-21)18(24)25/h2,4,8,13H,3,5-7,9-11H2,1H3,(H,24,25)/t13-,19+/m0/s1. The summed E-state index contributed by atoms with van der Waals surface area (Å²) >= 11 is 0. The Kier molecular flexibility index (Phi) is 5.46. The predicted molar refractivity (Wildman–Crippen MR) is 92.1 cm³/mol. The third-order valence-electron chi connectivity index (χ3n) is 5.53. The topological polar surface area (TPSA) is 93.1 Å². The van der Waals surface area contributed by atoms with Crippen molar-refractivity contribution < 1.29 is 33.4 Å². The number of carboxylic acids is 1. The molecule has 0 bridgehead atoms. The van der Waals surface area contributed by atoms with Crippen LogP contribution in [0.15, 0.2) is 18.2 Å². The van der Waals surface area contributed by atoms with Gasteiger partial charge in [0.05, 0.1) is 19.1 Å². The van der Waals surface area contributed by atoms with Gasteiger partial charge in [0.1, 0.15) is 0 Å². The molecule has 146 valence electrons. The molecule has 3 rings (SSSR count). The van der Waals surface area contributed by atoms with Gasteiger partial charge in [-0.2, -0.15) is 0 Å². The zero-order valence-corrected chi connectivity index (χ0v) is 15.1. The van der Waals surface area contributed by atoms with Crippen molar-refractivity contribution in [2.24, 2.45) is 11.3 Å². The van der Waals surface area contributed by atoms with Crippen molar-refractivity contribution >= 4 is 17.7 Å². The van der Waals surface area contributed by atoms with E-state index in [4.69, 9.17) is 9.47 Å². The lowest BCUT2D eigenvalue weighted by Crippen LogP contribution is -2.45. The number of hydrogen-bond donors (Lipinski definition) is 1. The molecule has 7 nitrogen and oxygen atoms in total. The van der Waals surface area contributed by atoms with Crippen molar-refractivity contribution in [2.45, 2.75) is 19.3 Å². The Morgan fingerprint density at radius 3 is 2.78 bits per heavy atom. The summed E-state index contributed by atoms with van der Waals surface area (Å²) in [4.78, 5) is 38.0. The maximum atomic E-state index is 13.7. The van der Waals surface area contributed by atoms with E-state index in [1.54, 1.807) is 0 Å². The molecule has 2 aliphatic heterocycles. The fourth-order valence-corrected chi connectivity index (χ4v) is 3.85. The van der Waals surface area contributed by atoms with Crippen molar-refractivity contribution in [3.8, 4) is 5.75 Å². The smallest absolute Gasteiger partial charge is 0.311 e. The second-order valence-electron chi connectivity index (χ2n) is 7.03. The van der Waals surface area contributed by atoms with Crippen LogP contribution in [0.3, 0.4) is 0 Å². The summed E-state index contributed by atoms with van der Waals surface area (Å²) in [6.45, 7) is 1.14. The monoisotopic (exact) mass is 379 g/mol. The quantitative estimate of drug-likeness (QED) is 0.757. The molecule has 1 amide bonds. The summed E-state index contributed by atoms with van der Waals surface area (Å²) < 4.78 is 23.9. The lowest BCUT2D eigenvalue weighted by molar-refractivity contribution is -0.157. The number of methoxy groups -OCH3 is 1. The van der Waals surface area contributed by atoms with E-state index in [2.05, 4.69) is 0 Å². The van der Waals surface area contributed by atoms with Gasteiger partial charge in [0.2, 0.25) is 5.91 Å². The predicted octanol–water partition coefficient (Wildman–Crippen LogP) is 1.75. The highest BCUT2D eigenvalue weighted by molar-refractivity contribution is 5.98. The Morgan fingerprint density at radius 1 is 1.37 bits per heavy atom. The van der Waals surface area contributed by atoms with Gasteiger partial charge in [0.15, 0.2) is 17.3 Å². The Balaban J connectivity index is 1.60. The summed E-state index contributed by atoms with van der Waals surface area (Å²) in [7, 11) is 1.33. The molecule has 0 unspecified atom stereocenters. The molecule has 0 saturated carbocycles. The van der Waals surface area contributed by atoms with Crippen LogP contribution in [0.2, 0.25) is 0 Å². The molecular formula is C19H22FNO6. The minimum absolute atomic E-state index is 0.0449. The molecule has 1 aromatic carbocycles. The number of rotatable bonds is 6. The zero-order chi connectivity index (χ0) is 19.6. The maximum Gasteiger partial charge on any atom is 0.311 e. The van der Waals surface area contributed by atoms with Crippen molar-refractivity contribution in [1.82, 2.24) is 4.90 Å². The Morgan fingerprint density at radius 2 is 2.15 bits per heavy atom. The van der Waals surface area contributed by atoms with E-state index < -0.39 is 17.2 Å². The number of ether oxygens (including phenoxy) is 2. The molecule has 1 N–H and O–H groups in total. The zero-order valence-electron chi connectivity index (χ0n) is 15.1. The normalized spacial score (nSPS) is 24.4. The van der Waals surface area contributed by atoms with Gasteiger partial charge in [-0.1, -0.05) is 0 Å². The fourth-order valence-electron chi connectivity index (χ4n) is 3.85. The largest absolute Gasteiger partial charge is 0.494 e. The average molecular weight is 379 g/mol. The summed E-state index contributed by atoms with van der Waals surface area (Å²) in [5, 5.41) is 9.64. The average Bonchev–Trinajstić information content (AvgIpc) is 3.07. The number of halogens is 1. The third-order valence-corrected chi connectivity index (χ3v) is 5.53. The van der Waals surface area contributed by atoms with Crippen molar-refractivity contribution in [2.75, 3.05) is 33.4 Å². The number of nitrogens with zero attached hydrogens (tertiary/aromatic N) is 1. The Hall–Kier alpha value is -2.48. The van der Waals surface area contributed by atoms with Gasteiger partial charge < -0.3 is 19.5 Å². The van der Waals surface area contributed by atoms with Gasteiger partial charge in [-0.3, -0.25) is 14.4 Å².